The van der Waals surface area contributed by atoms with E-state index in [4.69, 9.17) is 23.2 Å². The fourth-order valence-corrected chi connectivity index (χ4v) is 4.75. The number of benzene rings is 3. The Bertz CT molecular complexity index is 1540. The van der Waals surface area contributed by atoms with Gasteiger partial charge in [0.1, 0.15) is 5.82 Å². The molecule has 5 rings (SSSR count). The summed E-state index contributed by atoms with van der Waals surface area (Å²) < 4.78 is 3.40. The zero-order chi connectivity index (χ0) is 24.0. The molecule has 0 bridgehead atoms. The fraction of sp³-hybridized carbons (Fsp3) is 0.111. The predicted molar refractivity (Wildman–Crippen MR) is 135 cm³/mol. The summed E-state index contributed by atoms with van der Waals surface area (Å²) in [7, 11) is 1.84. The molecule has 2 aromatic heterocycles. The average Bonchev–Trinajstić information content (AvgIpc) is 3.42. The van der Waals surface area contributed by atoms with Crippen LogP contribution in [0, 0.1) is 0 Å². The highest BCUT2D eigenvalue weighted by molar-refractivity contribution is 6.31. The first kappa shape index (κ1) is 22.4. The van der Waals surface area contributed by atoms with Crippen molar-refractivity contribution < 1.29 is 9.90 Å². The van der Waals surface area contributed by atoms with E-state index in [1.165, 1.54) is 6.92 Å². The zero-order valence-electron chi connectivity index (χ0n) is 18.5. The molecule has 0 amide bonds. The summed E-state index contributed by atoms with van der Waals surface area (Å²) in [5.41, 5.74) is 2.14. The standard InChI is InChI=1S/C27H21Cl2N3O2/c1-17(33)32-16-24(18-4-3-5-22(29)14-18)23-15-20(8-11-25(23)32)27(34,26-30-12-13-31(26)2)19-6-9-21(28)10-7-19/h3-16,34H,1-2H3. The second kappa shape index (κ2) is 8.44. The number of halogens is 2. The van der Waals surface area contributed by atoms with E-state index in [1.807, 2.05) is 49.6 Å². The molecule has 5 nitrogen and oxygen atoms in total. The lowest BCUT2D eigenvalue weighted by Gasteiger charge is -2.29. The van der Waals surface area contributed by atoms with Crippen LogP contribution in [0.1, 0.15) is 28.7 Å². The van der Waals surface area contributed by atoms with Crippen LogP contribution in [0.5, 0.6) is 0 Å². The molecule has 5 aromatic rings. The van der Waals surface area contributed by atoms with Crippen molar-refractivity contribution in [3.8, 4) is 11.1 Å². The Hall–Kier alpha value is -3.38. The highest BCUT2D eigenvalue weighted by atomic mass is 35.5. The van der Waals surface area contributed by atoms with Crippen LogP contribution >= 0.6 is 23.2 Å². The smallest absolute Gasteiger partial charge is 0.227 e. The molecular formula is C27H21Cl2N3O2. The van der Waals surface area contributed by atoms with Crippen LogP contribution in [-0.4, -0.2) is 25.1 Å². The highest BCUT2D eigenvalue weighted by Gasteiger charge is 2.38. The first-order chi connectivity index (χ1) is 16.3. The molecule has 0 saturated carbocycles. The van der Waals surface area contributed by atoms with Crippen LogP contribution in [0.2, 0.25) is 10.0 Å². The summed E-state index contributed by atoms with van der Waals surface area (Å²) in [6, 6.07) is 20.1. The normalized spacial score (nSPS) is 13.2. The number of imidazole rings is 1. The first-order valence-corrected chi connectivity index (χ1v) is 11.4. The van der Waals surface area contributed by atoms with E-state index in [1.54, 1.807) is 51.9 Å². The molecule has 2 heterocycles. The van der Waals surface area contributed by atoms with Gasteiger partial charge in [-0.05, 0) is 53.1 Å². The van der Waals surface area contributed by atoms with Gasteiger partial charge in [0.25, 0.3) is 0 Å². The molecule has 0 fully saturated rings. The van der Waals surface area contributed by atoms with E-state index >= 15 is 0 Å². The number of aryl methyl sites for hydroxylation is 1. The first-order valence-electron chi connectivity index (χ1n) is 10.7. The minimum absolute atomic E-state index is 0.108. The molecule has 0 aliphatic rings. The Morgan fingerprint density at radius 2 is 1.71 bits per heavy atom. The molecule has 0 aliphatic heterocycles. The maximum absolute atomic E-state index is 12.4. The molecule has 1 N–H and O–H groups in total. The quantitative estimate of drug-likeness (QED) is 0.322. The summed E-state index contributed by atoms with van der Waals surface area (Å²) in [6.45, 7) is 1.52. The number of rotatable bonds is 4. The van der Waals surface area contributed by atoms with Crippen LogP contribution in [0.4, 0.5) is 0 Å². The molecule has 170 valence electrons. The Morgan fingerprint density at radius 1 is 0.971 bits per heavy atom. The minimum atomic E-state index is -1.55. The number of hydrogen-bond donors (Lipinski definition) is 1. The molecule has 0 saturated heterocycles. The number of carbonyl (C=O) groups is 1. The zero-order valence-corrected chi connectivity index (χ0v) is 20.0. The van der Waals surface area contributed by atoms with Gasteiger partial charge in [0.2, 0.25) is 5.91 Å². The molecule has 0 radical (unpaired) electrons. The number of nitrogens with zero attached hydrogens (tertiary/aromatic N) is 3. The van der Waals surface area contributed by atoms with E-state index < -0.39 is 5.60 Å². The van der Waals surface area contributed by atoms with Crippen LogP contribution < -0.4 is 0 Å². The lowest BCUT2D eigenvalue weighted by Crippen LogP contribution is -2.32. The lowest BCUT2D eigenvalue weighted by molar-refractivity contribution is 0.0941. The highest BCUT2D eigenvalue weighted by Crippen LogP contribution is 2.40. The van der Waals surface area contributed by atoms with E-state index in [2.05, 4.69) is 4.98 Å². The van der Waals surface area contributed by atoms with Gasteiger partial charge in [0.15, 0.2) is 5.60 Å². The average molecular weight is 490 g/mol. The maximum Gasteiger partial charge on any atom is 0.227 e. The SMILES string of the molecule is CC(=O)n1cc(-c2cccc(Cl)c2)c2cc(C(O)(c3ccc(Cl)cc3)c3nccn3C)ccc21. The third-order valence-electron chi connectivity index (χ3n) is 6.10. The summed E-state index contributed by atoms with van der Waals surface area (Å²) in [5.74, 6) is 0.354. The fourth-order valence-electron chi connectivity index (χ4n) is 4.43. The van der Waals surface area contributed by atoms with Gasteiger partial charge in [-0.1, -0.05) is 53.5 Å². The molecule has 3 aromatic carbocycles. The van der Waals surface area contributed by atoms with Crippen LogP contribution in [-0.2, 0) is 12.6 Å². The Morgan fingerprint density at radius 3 is 2.35 bits per heavy atom. The van der Waals surface area contributed by atoms with Crippen molar-refractivity contribution in [2.24, 2.45) is 7.05 Å². The van der Waals surface area contributed by atoms with Crippen LogP contribution in [0.3, 0.4) is 0 Å². The summed E-state index contributed by atoms with van der Waals surface area (Å²) >= 11 is 12.4. The van der Waals surface area contributed by atoms with Crippen molar-refractivity contribution in [1.29, 1.82) is 0 Å². The van der Waals surface area contributed by atoms with Crippen molar-refractivity contribution in [3.63, 3.8) is 0 Å². The predicted octanol–water partition coefficient (Wildman–Crippen LogP) is 6.29. The molecular weight excluding hydrogens is 469 g/mol. The summed E-state index contributed by atoms with van der Waals surface area (Å²) in [6.07, 6.45) is 5.25. The lowest BCUT2D eigenvalue weighted by atomic mass is 9.84. The van der Waals surface area contributed by atoms with Crippen molar-refractivity contribution in [2.75, 3.05) is 0 Å². The molecule has 0 aliphatic carbocycles. The Labute approximate surface area is 206 Å². The van der Waals surface area contributed by atoms with Gasteiger partial charge in [-0.25, -0.2) is 4.98 Å². The second-order valence-electron chi connectivity index (χ2n) is 8.25. The van der Waals surface area contributed by atoms with E-state index in [0.29, 0.717) is 27.0 Å². The molecule has 1 unspecified atom stereocenters. The topological polar surface area (TPSA) is 60.1 Å². The number of aliphatic hydroxyl groups is 1. The molecule has 0 spiro atoms. The Balaban J connectivity index is 1.81. The van der Waals surface area contributed by atoms with Gasteiger partial charge in [0, 0.05) is 53.6 Å². The van der Waals surface area contributed by atoms with Crippen LogP contribution in [0.25, 0.3) is 22.0 Å². The largest absolute Gasteiger partial charge is 0.373 e. The number of aromatic nitrogens is 3. The summed E-state index contributed by atoms with van der Waals surface area (Å²) in [5, 5.41) is 14.2. The van der Waals surface area contributed by atoms with Crippen LogP contribution in [0.15, 0.2) is 85.3 Å². The second-order valence-corrected chi connectivity index (χ2v) is 9.13. The number of carbonyl (C=O) groups excluding carboxylic acids is 1. The number of hydrogen-bond acceptors (Lipinski definition) is 3. The van der Waals surface area contributed by atoms with Gasteiger partial charge in [-0.3, -0.25) is 9.36 Å². The van der Waals surface area contributed by atoms with E-state index in [9.17, 15) is 9.90 Å². The summed E-state index contributed by atoms with van der Waals surface area (Å²) in [4.78, 5) is 16.9. The van der Waals surface area contributed by atoms with E-state index in [-0.39, 0.29) is 5.91 Å². The maximum atomic E-state index is 12.4. The molecule has 34 heavy (non-hydrogen) atoms. The third-order valence-corrected chi connectivity index (χ3v) is 6.59. The van der Waals surface area contributed by atoms with Gasteiger partial charge >= 0.3 is 0 Å². The van der Waals surface area contributed by atoms with Gasteiger partial charge in [-0.15, -0.1) is 0 Å². The van der Waals surface area contributed by atoms with Gasteiger partial charge < -0.3 is 9.67 Å². The minimum Gasteiger partial charge on any atom is -0.373 e. The number of fused-ring (bicyclic) bond motifs is 1. The Kier molecular flexibility index (Phi) is 5.56. The van der Waals surface area contributed by atoms with Gasteiger partial charge in [-0.2, -0.15) is 0 Å². The van der Waals surface area contributed by atoms with Crippen molar-refractivity contribution in [3.05, 3.63) is 112 Å². The monoisotopic (exact) mass is 489 g/mol. The van der Waals surface area contributed by atoms with E-state index in [0.717, 1.165) is 22.0 Å². The van der Waals surface area contributed by atoms with Crippen molar-refractivity contribution in [2.45, 2.75) is 12.5 Å². The third kappa shape index (κ3) is 3.62. The van der Waals surface area contributed by atoms with Crippen molar-refractivity contribution >= 4 is 40.0 Å². The van der Waals surface area contributed by atoms with Crippen molar-refractivity contribution in [1.82, 2.24) is 14.1 Å². The molecule has 7 heteroatoms. The van der Waals surface area contributed by atoms with Gasteiger partial charge in [0.05, 0.1) is 5.52 Å². The molecule has 1 atom stereocenters.